The maximum absolute atomic E-state index is 12.8. The normalized spacial score (nSPS) is 13.0. The van der Waals surface area contributed by atoms with Crippen molar-refractivity contribution in [2.45, 2.75) is 10.6 Å². The number of pyridine rings is 1. The monoisotopic (exact) mass is 429 g/mol. The van der Waals surface area contributed by atoms with E-state index in [1.54, 1.807) is 30.3 Å². The lowest BCUT2D eigenvalue weighted by atomic mass is 10.1. The maximum Gasteiger partial charge on any atom is 0.365 e. The van der Waals surface area contributed by atoms with E-state index in [1.807, 2.05) is 41.1 Å². The molecule has 4 aromatic rings. The minimum absolute atomic E-state index is 0.217. The van der Waals surface area contributed by atoms with Gasteiger partial charge in [-0.15, -0.1) is 11.8 Å². The molecule has 0 N–H and O–H groups in total. The second kappa shape index (κ2) is 7.73. The fraction of sp³-hybridized carbons (Fsp3) is 0.0435. The molecular weight excluding hydrogens is 414 g/mol. The average Bonchev–Trinajstić information content (AvgIpc) is 3.32. The fourth-order valence-corrected chi connectivity index (χ4v) is 4.28. The molecule has 8 heteroatoms. The van der Waals surface area contributed by atoms with E-state index in [4.69, 9.17) is 4.84 Å². The number of rotatable bonds is 5. The Bertz CT molecular complexity index is 1280. The van der Waals surface area contributed by atoms with Crippen LogP contribution >= 0.6 is 11.8 Å². The Labute approximate surface area is 181 Å². The van der Waals surface area contributed by atoms with E-state index in [0.717, 1.165) is 11.3 Å². The lowest BCUT2D eigenvalue weighted by Crippen LogP contribution is -2.32. The van der Waals surface area contributed by atoms with Crippen molar-refractivity contribution in [3.05, 3.63) is 102 Å². The molecule has 1 aliphatic rings. The van der Waals surface area contributed by atoms with Gasteiger partial charge in [-0.05, 0) is 36.4 Å². The third-order valence-corrected chi connectivity index (χ3v) is 5.93. The minimum atomic E-state index is -0.771. The average molecular weight is 429 g/mol. The number of hydrogen-bond acceptors (Lipinski definition) is 6. The summed E-state index contributed by atoms with van der Waals surface area (Å²) in [6.07, 6.45) is 3.85. The summed E-state index contributed by atoms with van der Waals surface area (Å²) >= 11 is 1.43. The lowest BCUT2D eigenvalue weighted by molar-refractivity contribution is -0.0586. The van der Waals surface area contributed by atoms with Gasteiger partial charge in [-0.1, -0.05) is 35.4 Å². The van der Waals surface area contributed by atoms with Crippen molar-refractivity contribution in [3.8, 4) is 0 Å². The molecule has 0 spiro atoms. The highest BCUT2D eigenvalue weighted by molar-refractivity contribution is 7.98. The molecule has 0 radical (unpaired) electrons. The molecule has 3 heterocycles. The lowest BCUT2D eigenvalue weighted by Gasteiger charge is -2.14. The first-order valence-corrected chi connectivity index (χ1v) is 10.4. The number of imidazole rings is 1. The summed E-state index contributed by atoms with van der Waals surface area (Å²) in [5.74, 6) is -1.53. The summed E-state index contributed by atoms with van der Waals surface area (Å²) in [6, 6.07) is 19.0. The van der Waals surface area contributed by atoms with E-state index in [2.05, 4.69) is 4.98 Å². The smallest absolute Gasteiger partial charge is 0.324 e. The van der Waals surface area contributed by atoms with E-state index in [9.17, 15) is 14.4 Å². The highest BCUT2D eigenvalue weighted by Gasteiger charge is 2.39. The van der Waals surface area contributed by atoms with Crippen LogP contribution in [0.3, 0.4) is 0 Å². The van der Waals surface area contributed by atoms with E-state index in [-0.39, 0.29) is 16.7 Å². The standard InChI is InChI=1S/C23H15N3O4S/c27-21-16-7-1-2-8-17(16)22(28)26(21)30-23(29)18-9-3-4-10-19(18)31-14-15-13-25-12-6-5-11-20(25)24-15/h1-13H,14H2. The van der Waals surface area contributed by atoms with E-state index >= 15 is 0 Å². The predicted octanol–water partition coefficient (Wildman–Crippen LogP) is 3.99. The quantitative estimate of drug-likeness (QED) is 0.352. The van der Waals surface area contributed by atoms with Crippen molar-refractivity contribution < 1.29 is 19.2 Å². The molecule has 0 aliphatic carbocycles. The number of hydroxylamine groups is 2. The summed E-state index contributed by atoms with van der Waals surface area (Å²) < 4.78 is 1.93. The number of fused-ring (bicyclic) bond motifs is 2. The van der Waals surface area contributed by atoms with E-state index in [1.165, 1.54) is 23.9 Å². The number of aromatic nitrogens is 2. The molecule has 5 rings (SSSR count). The van der Waals surface area contributed by atoms with Crippen LogP contribution in [0.1, 0.15) is 36.8 Å². The number of hydrogen-bond donors (Lipinski definition) is 0. The molecule has 0 fully saturated rings. The van der Waals surface area contributed by atoms with Crippen LogP contribution in [0.15, 0.2) is 84.0 Å². The molecule has 0 bridgehead atoms. The summed E-state index contributed by atoms with van der Waals surface area (Å²) in [7, 11) is 0. The molecule has 2 aromatic heterocycles. The predicted molar refractivity (Wildman–Crippen MR) is 114 cm³/mol. The second-order valence-corrected chi connectivity index (χ2v) is 7.83. The van der Waals surface area contributed by atoms with Crippen molar-refractivity contribution in [2.75, 3.05) is 0 Å². The van der Waals surface area contributed by atoms with Gasteiger partial charge in [0.2, 0.25) is 0 Å². The van der Waals surface area contributed by atoms with Gasteiger partial charge < -0.3 is 9.24 Å². The Hall–Kier alpha value is -3.91. The Morgan fingerprint density at radius 3 is 2.32 bits per heavy atom. The van der Waals surface area contributed by atoms with Gasteiger partial charge in [0.05, 0.1) is 22.4 Å². The third-order valence-electron chi connectivity index (χ3n) is 4.83. The van der Waals surface area contributed by atoms with Crippen molar-refractivity contribution in [1.29, 1.82) is 0 Å². The van der Waals surface area contributed by atoms with Gasteiger partial charge in [-0.2, -0.15) is 0 Å². The number of carbonyl (C=O) groups excluding carboxylic acids is 3. The van der Waals surface area contributed by atoms with Gasteiger partial charge in [-0.25, -0.2) is 9.78 Å². The highest BCUT2D eigenvalue weighted by atomic mass is 32.2. The number of carbonyl (C=O) groups is 3. The van der Waals surface area contributed by atoms with Crippen molar-refractivity contribution in [2.24, 2.45) is 0 Å². The van der Waals surface area contributed by atoms with E-state index < -0.39 is 17.8 Å². The first-order chi connectivity index (χ1) is 15.1. The Morgan fingerprint density at radius 1 is 0.903 bits per heavy atom. The summed E-state index contributed by atoms with van der Waals surface area (Å²) in [4.78, 5) is 48.2. The SMILES string of the molecule is O=C(ON1C(=O)c2ccccc2C1=O)c1ccccc1SCc1cn2ccccc2n1. The van der Waals surface area contributed by atoms with Gasteiger partial charge in [0.25, 0.3) is 11.8 Å². The van der Waals surface area contributed by atoms with Crippen LogP contribution in [0, 0.1) is 0 Å². The van der Waals surface area contributed by atoms with Crippen molar-refractivity contribution >= 4 is 35.2 Å². The van der Waals surface area contributed by atoms with Gasteiger partial charge in [0, 0.05) is 23.0 Å². The number of imide groups is 1. The fourth-order valence-electron chi connectivity index (χ4n) is 3.35. The van der Waals surface area contributed by atoms with Crippen molar-refractivity contribution in [3.63, 3.8) is 0 Å². The molecule has 7 nitrogen and oxygen atoms in total. The Kier molecular flexibility index (Phi) is 4.76. The van der Waals surface area contributed by atoms with Crippen LogP contribution in [0.25, 0.3) is 5.65 Å². The number of nitrogens with zero attached hydrogens (tertiary/aromatic N) is 3. The summed E-state index contributed by atoms with van der Waals surface area (Å²) in [5.41, 5.74) is 2.41. The van der Waals surface area contributed by atoms with Crippen molar-refractivity contribution in [1.82, 2.24) is 14.4 Å². The molecular formula is C23H15N3O4S. The summed E-state index contributed by atoms with van der Waals surface area (Å²) in [6.45, 7) is 0. The van der Waals surface area contributed by atoms with Gasteiger partial charge in [0.15, 0.2) is 0 Å². The number of thioether (sulfide) groups is 1. The van der Waals surface area contributed by atoms with Gasteiger partial charge >= 0.3 is 5.97 Å². The van der Waals surface area contributed by atoms with Crippen LogP contribution in [0.2, 0.25) is 0 Å². The summed E-state index contributed by atoms with van der Waals surface area (Å²) in [5, 5.41) is 0.524. The zero-order valence-corrected chi connectivity index (χ0v) is 16.9. The molecule has 2 aromatic carbocycles. The zero-order chi connectivity index (χ0) is 21.4. The van der Waals surface area contributed by atoms with Crippen LogP contribution in [-0.4, -0.2) is 32.2 Å². The Balaban J connectivity index is 1.33. The molecule has 0 saturated heterocycles. The first-order valence-electron chi connectivity index (χ1n) is 9.46. The van der Waals surface area contributed by atoms with Crippen LogP contribution < -0.4 is 0 Å². The molecule has 152 valence electrons. The largest absolute Gasteiger partial charge is 0.365 e. The van der Waals surface area contributed by atoms with Crippen LogP contribution in [0.4, 0.5) is 0 Å². The van der Waals surface area contributed by atoms with E-state index in [0.29, 0.717) is 15.7 Å². The zero-order valence-electron chi connectivity index (χ0n) is 16.1. The maximum atomic E-state index is 12.8. The molecule has 2 amide bonds. The van der Waals surface area contributed by atoms with Crippen LogP contribution in [-0.2, 0) is 10.6 Å². The minimum Gasteiger partial charge on any atom is -0.324 e. The number of amides is 2. The highest BCUT2D eigenvalue weighted by Crippen LogP contribution is 2.28. The molecule has 31 heavy (non-hydrogen) atoms. The topological polar surface area (TPSA) is 81.0 Å². The van der Waals surface area contributed by atoms with Crippen LogP contribution in [0.5, 0.6) is 0 Å². The van der Waals surface area contributed by atoms with Gasteiger partial charge in [0.1, 0.15) is 5.65 Å². The number of benzene rings is 2. The molecule has 0 unspecified atom stereocenters. The van der Waals surface area contributed by atoms with Gasteiger partial charge in [-0.3, -0.25) is 9.59 Å². The second-order valence-electron chi connectivity index (χ2n) is 6.81. The molecule has 0 saturated carbocycles. The molecule has 0 atom stereocenters. The Morgan fingerprint density at radius 2 is 1.58 bits per heavy atom. The third kappa shape index (κ3) is 3.47. The first kappa shape index (κ1) is 19.1. The molecule has 1 aliphatic heterocycles.